The minimum atomic E-state index is -0.216. The molecule has 8 nitrogen and oxygen atoms in total. The maximum absolute atomic E-state index is 13.0. The third-order valence-electron chi connectivity index (χ3n) is 5.81. The number of fused-ring (bicyclic) bond motifs is 1. The monoisotopic (exact) mass is 428 g/mol. The number of hydrogen-bond acceptors (Lipinski definition) is 7. The topological polar surface area (TPSA) is 105 Å². The van der Waals surface area contributed by atoms with E-state index in [2.05, 4.69) is 19.9 Å². The summed E-state index contributed by atoms with van der Waals surface area (Å²) in [5.41, 5.74) is 8.56. The predicted octanol–water partition coefficient (Wildman–Crippen LogP) is 2.25. The van der Waals surface area contributed by atoms with E-state index in [-0.39, 0.29) is 18.0 Å². The average Bonchev–Trinajstić information content (AvgIpc) is 2.67. The third kappa shape index (κ3) is 4.46. The van der Waals surface area contributed by atoms with Crippen molar-refractivity contribution in [2.75, 3.05) is 24.3 Å². The van der Waals surface area contributed by atoms with Gasteiger partial charge in [0.15, 0.2) is 0 Å². The van der Waals surface area contributed by atoms with Crippen LogP contribution in [0.15, 0.2) is 27.9 Å². The van der Waals surface area contributed by atoms with Crippen LogP contribution in [-0.4, -0.2) is 33.0 Å². The van der Waals surface area contributed by atoms with Crippen LogP contribution in [0.4, 0.5) is 11.5 Å². The third-order valence-corrected chi connectivity index (χ3v) is 6.87. The Labute approximate surface area is 180 Å². The Bertz CT molecular complexity index is 1020. The summed E-state index contributed by atoms with van der Waals surface area (Å²) in [4.78, 5) is 30.6. The number of nitrogens with one attached hydrogen (secondary N) is 2. The Morgan fingerprint density at radius 2 is 2.17 bits per heavy atom. The van der Waals surface area contributed by atoms with Crippen molar-refractivity contribution >= 4 is 29.4 Å². The summed E-state index contributed by atoms with van der Waals surface area (Å²) in [6, 6.07) is 5.55. The molecule has 1 aliphatic heterocycles. The molecule has 1 aliphatic carbocycles. The number of carbonyl (C=O) groups is 1. The molecule has 3 heterocycles. The molecule has 30 heavy (non-hydrogen) atoms. The van der Waals surface area contributed by atoms with Gasteiger partial charge in [0.25, 0.3) is 5.56 Å². The lowest BCUT2D eigenvalue weighted by molar-refractivity contribution is -0.121. The molecule has 2 aliphatic rings. The summed E-state index contributed by atoms with van der Waals surface area (Å²) >= 11 is 1.64. The average molecular weight is 429 g/mol. The van der Waals surface area contributed by atoms with Crippen molar-refractivity contribution in [3.05, 3.63) is 45.5 Å². The molecule has 0 radical (unpaired) electrons. The van der Waals surface area contributed by atoms with Crippen LogP contribution in [0.3, 0.4) is 0 Å². The Hall–Kier alpha value is -2.52. The molecule has 2 aromatic rings. The standard InChI is InChI=1S/C21H28N6O2S/c1-13-8-17-20(24-12-26(30-17)10-15-4-3-5-15)21(29)27(13)11-19(28)23-9-16-6-7-18(22)25-14(16)2/h6-8,15,24H,3-5,9-12H2,1-2H3,(H2,22,25)(H,23,28). The smallest absolute Gasteiger partial charge is 0.275 e. The number of nitrogen functional groups attached to an aromatic ring is 1. The highest BCUT2D eigenvalue weighted by atomic mass is 32.2. The predicted molar refractivity (Wildman–Crippen MR) is 119 cm³/mol. The van der Waals surface area contributed by atoms with E-state index in [9.17, 15) is 9.59 Å². The first-order valence-corrected chi connectivity index (χ1v) is 11.1. The largest absolute Gasteiger partial charge is 0.384 e. The molecule has 9 heteroatoms. The summed E-state index contributed by atoms with van der Waals surface area (Å²) in [6.45, 7) is 5.74. The summed E-state index contributed by atoms with van der Waals surface area (Å²) < 4.78 is 3.81. The number of nitrogens with zero attached hydrogens (tertiary/aromatic N) is 3. The molecule has 160 valence electrons. The summed E-state index contributed by atoms with van der Waals surface area (Å²) in [7, 11) is 0. The van der Waals surface area contributed by atoms with Crippen LogP contribution in [0.1, 0.15) is 36.2 Å². The Kier molecular flexibility index (Phi) is 6.01. The molecule has 0 spiro atoms. The molecule has 1 fully saturated rings. The van der Waals surface area contributed by atoms with Crippen molar-refractivity contribution in [3.8, 4) is 0 Å². The number of pyridine rings is 2. The first-order chi connectivity index (χ1) is 14.4. The van der Waals surface area contributed by atoms with Gasteiger partial charge in [0.2, 0.25) is 5.91 Å². The van der Waals surface area contributed by atoms with Crippen molar-refractivity contribution in [3.63, 3.8) is 0 Å². The van der Waals surface area contributed by atoms with Gasteiger partial charge in [-0.2, -0.15) is 0 Å². The minimum Gasteiger partial charge on any atom is -0.384 e. The SMILES string of the molecule is Cc1nc(N)ccc1CNC(=O)Cn1c(C)cc2c(c1=O)NCN(CC1CCC1)S2. The highest BCUT2D eigenvalue weighted by molar-refractivity contribution is 7.97. The lowest BCUT2D eigenvalue weighted by Crippen LogP contribution is -2.38. The fraction of sp³-hybridized carbons (Fsp3) is 0.476. The number of aryl methyl sites for hydroxylation is 2. The van der Waals surface area contributed by atoms with Crippen LogP contribution >= 0.6 is 11.9 Å². The lowest BCUT2D eigenvalue weighted by atomic mass is 9.85. The number of anilines is 2. The summed E-state index contributed by atoms with van der Waals surface area (Å²) in [5, 5.41) is 6.14. The molecule has 1 amide bonds. The number of carbonyl (C=O) groups excluding carboxylic acids is 1. The number of hydrogen-bond donors (Lipinski definition) is 3. The molecule has 0 atom stereocenters. The van der Waals surface area contributed by atoms with Gasteiger partial charge in [-0.3, -0.25) is 9.59 Å². The number of aromatic nitrogens is 2. The fourth-order valence-electron chi connectivity index (χ4n) is 3.76. The highest BCUT2D eigenvalue weighted by Gasteiger charge is 2.26. The van der Waals surface area contributed by atoms with Gasteiger partial charge in [-0.05, 0) is 62.3 Å². The second-order valence-corrected chi connectivity index (χ2v) is 9.20. The van der Waals surface area contributed by atoms with E-state index < -0.39 is 0 Å². The van der Waals surface area contributed by atoms with Crippen LogP contribution in [0, 0.1) is 19.8 Å². The maximum Gasteiger partial charge on any atom is 0.275 e. The van der Waals surface area contributed by atoms with E-state index in [4.69, 9.17) is 5.73 Å². The van der Waals surface area contributed by atoms with Crippen molar-refractivity contribution in [2.24, 2.45) is 5.92 Å². The van der Waals surface area contributed by atoms with E-state index in [1.54, 1.807) is 18.0 Å². The van der Waals surface area contributed by atoms with E-state index in [1.165, 1.54) is 23.8 Å². The molecule has 4 N–H and O–H groups in total. The molecule has 4 rings (SSSR count). The van der Waals surface area contributed by atoms with E-state index in [0.29, 0.717) is 24.7 Å². The molecule has 0 unspecified atom stereocenters. The Morgan fingerprint density at radius 3 is 2.87 bits per heavy atom. The van der Waals surface area contributed by atoms with E-state index >= 15 is 0 Å². The quantitative estimate of drug-likeness (QED) is 0.606. The molecular formula is C21H28N6O2S. The Morgan fingerprint density at radius 1 is 1.37 bits per heavy atom. The number of rotatable bonds is 6. The van der Waals surface area contributed by atoms with Gasteiger partial charge in [-0.15, -0.1) is 0 Å². The van der Waals surface area contributed by atoms with Crippen LogP contribution < -0.4 is 21.9 Å². The molecule has 0 aromatic carbocycles. The molecule has 1 saturated carbocycles. The van der Waals surface area contributed by atoms with Gasteiger partial charge >= 0.3 is 0 Å². The fourth-order valence-corrected chi connectivity index (χ4v) is 4.93. The first kappa shape index (κ1) is 20.7. The van der Waals surface area contributed by atoms with Gasteiger partial charge in [0.1, 0.15) is 18.1 Å². The van der Waals surface area contributed by atoms with Crippen LogP contribution in [-0.2, 0) is 17.9 Å². The first-order valence-electron chi connectivity index (χ1n) is 10.3. The molecule has 0 bridgehead atoms. The minimum absolute atomic E-state index is 0.0163. The second kappa shape index (κ2) is 8.69. The van der Waals surface area contributed by atoms with Crippen LogP contribution in [0.25, 0.3) is 0 Å². The van der Waals surface area contributed by atoms with Crippen LogP contribution in [0.5, 0.6) is 0 Å². The van der Waals surface area contributed by atoms with Gasteiger partial charge < -0.3 is 20.9 Å². The lowest BCUT2D eigenvalue weighted by Gasteiger charge is -2.34. The van der Waals surface area contributed by atoms with E-state index in [1.807, 2.05) is 26.0 Å². The highest BCUT2D eigenvalue weighted by Crippen LogP contribution is 2.36. The van der Waals surface area contributed by atoms with E-state index in [0.717, 1.165) is 34.3 Å². The zero-order valence-corrected chi connectivity index (χ0v) is 18.2. The van der Waals surface area contributed by atoms with Crippen molar-refractivity contribution in [2.45, 2.75) is 51.1 Å². The van der Waals surface area contributed by atoms with Crippen molar-refractivity contribution in [1.29, 1.82) is 0 Å². The van der Waals surface area contributed by atoms with Gasteiger partial charge in [-0.25, -0.2) is 9.29 Å². The zero-order chi connectivity index (χ0) is 21.3. The van der Waals surface area contributed by atoms with Gasteiger partial charge in [0.05, 0.1) is 11.6 Å². The van der Waals surface area contributed by atoms with Gasteiger partial charge in [-0.1, -0.05) is 12.5 Å². The summed E-state index contributed by atoms with van der Waals surface area (Å²) in [6.07, 6.45) is 3.92. The molecule has 2 aromatic heterocycles. The zero-order valence-electron chi connectivity index (χ0n) is 17.4. The number of nitrogens with two attached hydrogens (primary N) is 1. The van der Waals surface area contributed by atoms with Crippen LogP contribution in [0.2, 0.25) is 0 Å². The molecule has 0 saturated heterocycles. The normalized spacial score (nSPS) is 16.5. The van der Waals surface area contributed by atoms with Crippen molar-refractivity contribution < 1.29 is 4.79 Å². The summed E-state index contributed by atoms with van der Waals surface area (Å²) in [5.74, 6) is 1.01. The van der Waals surface area contributed by atoms with Gasteiger partial charge in [0, 0.05) is 24.5 Å². The van der Waals surface area contributed by atoms with Crippen molar-refractivity contribution in [1.82, 2.24) is 19.2 Å². The Balaban J connectivity index is 1.42. The molecular weight excluding hydrogens is 400 g/mol. The maximum atomic E-state index is 13.0. The number of amides is 1. The second-order valence-electron chi connectivity index (χ2n) is 8.06.